The first kappa shape index (κ1) is 14.0. The van der Waals surface area contributed by atoms with E-state index in [4.69, 9.17) is 4.74 Å². The second-order valence-electron chi connectivity index (χ2n) is 5.01. The largest absolute Gasteiger partial charge is 0.385 e. The molecular formula is C15H22N2O2. The Labute approximate surface area is 114 Å². The van der Waals surface area contributed by atoms with Gasteiger partial charge < -0.3 is 15.0 Å². The minimum Gasteiger partial charge on any atom is -0.385 e. The van der Waals surface area contributed by atoms with Gasteiger partial charge in [0.1, 0.15) is 0 Å². The number of amides is 1. The lowest BCUT2D eigenvalue weighted by molar-refractivity contribution is -0.119. The number of methoxy groups -OCH3 is 1. The van der Waals surface area contributed by atoms with E-state index in [0.717, 1.165) is 25.2 Å². The van der Waals surface area contributed by atoms with Crippen molar-refractivity contribution in [1.29, 1.82) is 0 Å². The van der Waals surface area contributed by atoms with Crippen molar-refractivity contribution in [1.82, 2.24) is 5.32 Å². The maximum absolute atomic E-state index is 12.4. The van der Waals surface area contributed by atoms with Gasteiger partial charge in [-0.05, 0) is 25.0 Å². The molecule has 0 saturated carbocycles. The predicted octanol–water partition coefficient (Wildman–Crippen LogP) is 1.94. The minimum atomic E-state index is 0.181. The van der Waals surface area contributed by atoms with Crippen molar-refractivity contribution >= 4 is 11.6 Å². The number of para-hydroxylation sites is 1. The van der Waals surface area contributed by atoms with Gasteiger partial charge in [-0.15, -0.1) is 0 Å². The summed E-state index contributed by atoms with van der Waals surface area (Å²) in [5.74, 6) is 0.181. The van der Waals surface area contributed by atoms with Crippen LogP contribution in [0.3, 0.4) is 0 Å². The number of hydrogen-bond donors (Lipinski definition) is 1. The van der Waals surface area contributed by atoms with Crippen LogP contribution in [0.5, 0.6) is 0 Å². The van der Waals surface area contributed by atoms with E-state index in [9.17, 15) is 4.79 Å². The number of carbonyl (C=O) groups excluding carboxylic acids is 1. The van der Waals surface area contributed by atoms with Crippen LogP contribution in [0.2, 0.25) is 0 Å². The standard InChI is InChI=1S/C15H22N2O2/c1-12-11-17(15(18)8-5-9-19-2)14-7-4-3-6-13(14)10-16-12/h3-4,6-7,12,16H,5,8-11H2,1-2H3. The van der Waals surface area contributed by atoms with E-state index in [0.29, 0.717) is 19.1 Å². The third-order valence-electron chi connectivity index (χ3n) is 3.42. The van der Waals surface area contributed by atoms with Crippen LogP contribution in [0, 0.1) is 0 Å². The zero-order chi connectivity index (χ0) is 13.7. The van der Waals surface area contributed by atoms with E-state index < -0.39 is 0 Å². The Morgan fingerprint density at radius 3 is 3.05 bits per heavy atom. The topological polar surface area (TPSA) is 41.6 Å². The molecule has 0 aromatic heterocycles. The summed E-state index contributed by atoms with van der Waals surface area (Å²) in [4.78, 5) is 14.3. The second-order valence-corrected chi connectivity index (χ2v) is 5.01. The lowest BCUT2D eigenvalue weighted by Gasteiger charge is -2.24. The monoisotopic (exact) mass is 262 g/mol. The van der Waals surface area contributed by atoms with Gasteiger partial charge in [0, 0.05) is 45.0 Å². The molecule has 4 nitrogen and oxygen atoms in total. The first-order chi connectivity index (χ1) is 9.22. The van der Waals surface area contributed by atoms with Crippen molar-refractivity contribution in [2.24, 2.45) is 0 Å². The smallest absolute Gasteiger partial charge is 0.227 e. The van der Waals surface area contributed by atoms with E-state index in [2.05, 4.69) is 18.3 Å². The summed E-state index contributed by atoms with van der Waals surface area (Å²) in [5, 5.41) is 3.43. The molecule has 1 aliphatic heterocycles. The lowest BCUT2D eigenvalue weighted by atomic mass is 10.1. The number of rotatable bonds is 4. The van der Waals surface area contributed by atoms with Gasteiger partial charge in [-0.1, -0.05) is 18.2 Å². The molecule has 1 atom stereocenters. The maximum Gasteiger partial charge on any atom is 0.227 e. The van der Waals surface area contributed by atoms with Gasteiger partial charge in [-0.2, -0.15) is 0 Å². The van der Waals surface area contributed by atoms with Crippen LogP contribution in [0.1, 0.15) is 25.3 Å². The van der Waals surface area contributed by atoms with E-state index in [1.807, 2.05) is 23.1 Å². The molecule has 1 aliphatic rings. The van der Waals surface area contributed by atoms with Crippen molar-refractivity contribution in [2.75, 3.05) is 25.2 Å². The molecule has 104 valence electrons. The van der Waals surface area contributed by atoms with Crippen molar-refractivity contribution in [3.05, 3.63) is 29.8 Å². The Kier molecular flexibility index (Phi) is 4.93. The molecule has 19 heavy (non-hydrogen) atoms. The first-order valence-corrected chi connectivity index (χ1v) is 6.83. The highest BCUT2D eigenvalue weighted by Crippen LogP contribution is 2.24. The molecule has 2 rings (SSSR count). The number of fused-ring (bicyclic) bond motifs is 1. The molecule has 1 aromatic rings. The zero-order valence-corrected chi connectivity index (χ0v) is 11.7. The number of nitrogens with zero attached hydrogens (tertiary/aromatic N) is 1. The SMILES string of the molecule is COCCCC(=O)N1CC(C)NCc2ccccc21. The average molecular weight is 262 g/mol. The highest BCUT2D eigenvalue weighted by Gasteiger charge is 2.23. The molecule has 0 radical (unpaired) electrons. The van der Waals surface area contributed by atoms with Gasteiger partial charge >= 0.3 is 0 Å². The van der Waals surface area contributed by atoms with Crippen molar-refractivity contribution in [3.8, 4) is 0 Å². The average Bonchev–Trinajstić information content (AvgIpc) is 2.59. The van der Waals surface area contributed by atoms with Crippen LogP contribution in [0.15, 0.2) is 24.3 Å². The number of nitrogens with one attached hydrogen (secondary N) is 1. The highest BCUT2D eigenvalue weighted by atomic mass is 16.5. The van der Waals surface area contributed by atoms with E-state index >= 15 is 0 Å². The van der Waals surface area contributed by atoms with Crippen molar-refractivity contribution in [3.63, 3.8) is 0 Å². The summed E-state index contributed by atoms with van der Waals surface area (Å²) in [5.41, 5.74) is 2.23. The summed E-state index contributed by atoms with van der Waals surface area (Å²) < 4.78 is 5.01. The van der Waals surface area contributed by atoms with Crippen molar-refractivity contribution in [2.45, 2.75) is 32.4 Å². The fourth-order valence-electron chi connectivity index (χ4n) is 2.38. The predicted molar refractivity (Wildman–Crippen MR) is 76.2 cm³/mol. The quantitative estimate of drug-likeness (QED) is 0.843. The van der Waals surface area contributed by atoms with Gasteiger partial charge in [-0.3, -0.25) is 4.79 Å². The van der Waals surface area contributed by atoms with E-state index in [1.54, 1.807) is 7.11 Å². The second kappa shape index (κ2) is 6.68. The van der Waals surface area contributed by atoms with Crippen LogP contribution in [-0.4, -0.2) is 32.2 Å². The molecule has 0 spiro atoms. The van der Waals surface area contributed by atoms with Crippen LogP contribution in [0.25, 0.3) is 0 Å². The maximum atomic E-state index is 12.4. The number of ether oxygens (including phenoxy) is 1. The third-order valence-corrected chi connectivity index (χ3v) is 3.42. The molecule has 1 N–H and O–H groups in total. The molecule has 4 heteroatoms. The molecule has 1 heterocycles. The number of hydrogen-bond acceptors (Lipinski definition) is 3. The summed E-state index contributed by atoms with van der Waals surface area (Å²) in [6, 6.07) is 8.42. The Bertz CT molecular complexity index is 434. The Hall–Kier alpha value is -1.39. The lowest BCUT2D eigenvalue weighted by Crippen LogP contribution is -2.39. The van der Waals surface area contributed by atoms with E-state index in [-0.39, 0.29) is 5.91 Å². The van der Waals surface area contributed by atoms with Gasteiger partial charge in [0.15, 0.2) is 0 Å². The van der Waals surface area contributed by atoms with Gasteiger partial charge in [0.25, 0.3) is 0 Å². The van der Waals surface area contributed by atoms with Crippen LogP contribution in [-0.2, 0) is 16.1 Å². The molecule has 0 bridgehead atoms. The molecule has 1 aromatic carbocycles. The molecular weight excluding hydrogens is 240 g/mol. The van der Waals surface area contributed by atoms with Gasteiger partial charge in [0.05, 0.1) is 0 Å². The summed E-state index contributed by atoms with van der Waals surface area (Å²) in [6.45, 7) is 4.29. The molecule has 0 fully saturated rings. The molecule has 1 unspecified atom stereocenters. The zero-order valence-electron chi connectivity index (χ0n) is 11.7. The van der Waals surface area contributed by atoms with Crippen LogP contribution in [0.4, 0.5) is 5.69 Å². The third kappa shape index (κ3) is 3.55. The molecule has 1 amide bonds. The fraction of sp³-hybridized carbons (Fsp3) is 0.533. The summed E-state index contributed by atoms with van der Waals surface area (Å²) in [7, 11) is 1.66. The Morgan fingerprint density at radius 2 is 2.26 bits per heavy atom. The Morgan fingerprint density at radius 1 is 1.47 bits per heavy atom. The normalized spacial score (nSPS) is 18.8. The highest BCUT2D eigenvalue weighted by molar-refractivity contribution is 5.94. The number of anilines is 1. The number of carbonyl (C=O) groups is 1. The fourth-order valence-corrected chi connectivity index (χ4v) is 2.38. The molecule has 0 saturated heterocycles. The van der Waals surface area contributed by atoms with Crippen molar-refractivity contribution < 1.29 is 9.53 Å². The van der Waals surface area contributed by atoms with Gasteiger partial charge in [-0.25, -0.2) is 0 Å². The first-order valence-electron chi connectivity index (χ1n) is 6.83. The minimum absolute atomic E-state index is 0.181. The summed E-state index contributed by atoms with van der Waals surface area (Å²) >= 11 is 0. The summed E-state index contributed by atoms with van der Waals surface area (Å²) in [6.07, 6.45) is 1.31. The van der Waals surface area contributed by atoms with E-state index in [1.165, 1.54) is 5.56 Å². The van der Waals surface area contributed by atoms with Crippen LogP contribution >= 0.6 is 0 Å². The Balaban J connectivity index is 2.15. The number of benzene rings is 1. The van der Waals surface area contributed by atoms with Crippen LogP contribution < -0.4 is 10.2 Å². The molecule has 0 aliphatic carbocycles. The van der Waals surface area contributed by atoms with Gasteiger partial charge in [0.2, 0.25) is 5.91 Å².